The molecule has 0 unspecified atom stereocenters. The minimum Gasteiger partial charge on any atom is -0.478 e. The Kier molecular flexibility index (Phi) is 2.92. The predicted octanol–water partition coefficient (Wildman–Crippen LogP) is 2.66. The number of carboxylic acids is 1. The highest BCUT2D eigenvalue weighted by Gasteiger charge is 2.04. The van der Waals surface area contributed by atoms with Gasteiger partial charge in [0.15, 0.2) is 5.58 Å². The van der Waals surface area contributed by atoms with Crippen molar-refractivity contribution in [3.63, 3.8) is 0 Å². The number of hydrogen-bond donors (Lipinski definition) is 1. The van der Waals surface area contributed by atoms with Crippen LogP contribution in [0.4, 0.5) is 0 Å². The molecule has 0 saturated carbocycles. The number of aliphatic carboxylic acids is 1. The molecule has 0 aliphatic carbocycles. The summed E-state index contributed by atoms with van der Waals surface area (Å²) < 4.78 is 5.34. The maximum Gasteiger partial charge on any atom is 0.328 e. The lowest BCUT2D eigenvalue weighted by atomic mass is 10.2. The second kappa shape index (κ2) is 4.37. The molecule has 0 radical (unpaired) electrons. The fraction of sp³-hybridized carbons (Fsp3) is 0.0909. The average Bonchev–Trinajstić information content (AvgIpc) is 2.67. The van der Waals surface area contributed by atoms with Gasteiger partial charge < -0.3 is 9.52 Å². The maximum atomic E-state index is 10.3. The van der Waals surface area contributed by atoms with Gasteiger partial charge in [-0.25, -0.2) is 9.78 Å². The van der Waals surface area contributed by atoms with E-state index in [2.05, 4.69) is 4.98 Å². The van der Waals surface area contributed by atoms with Gasteiger partial charge >= 0.3 is 5.97 Å². The highest BCUT2D eigenvalue weighted by atomic mass is 35.5. The molecule has 0 spiro atoms. The molecule has 0 fully saturated rings. The zero-order valence-electron chi connectivity index (χ0n) is 8.18. The maximum absolute atomic E-state index is 10.3. The number of carboxylic acid groups (broad SMARTS) is 1. The first-order valence-corrected chi connectivity index (χ1v) is 5.09. The normalized spacial score (nSPS) is 11.3. The molecule has 16 heavy (non-hydrogen) atoms. The Balaban J connectivity index is 2.40. The number of halogens is 1. The van der Waals surface area contributed by atoms with Gasteiger partial charge in [-0.05, 0) is 17.7 Å². The molecule has 2 aromatic rings. The fourth-order valence-electron chi connectivity index (χ4n) is 1.28. The third-order valence-electron chi connectivity index (χ3n) is 1.99. The molecule has 0 saturated heterocycles. The Morgan fingerprint density at radius 1 is 1.56 bits per heavy atom. The van der Waals surface area contributed by atoms with Gasteiger partial charge in [0, 0.05) is 18.0 Å². The Hall–Kier alpha value is -1.81. The summed E-state index contributed by atoms with van der Waals surface area (Å²) in [6, 6.07) is 5.42. The molecule has 82 valence electrons. The van der Waals surface area contributed by atoms with E-state index < -0.39 is 5.97 Å². The number of nitrogens with zero attached hydrogens (tertiary/aromatic N) is 1. The van der Waals surface area contributed by atoms with Crippen molar-refractivity contribution in [3.05, 3.63) is 35.7 Å². The van der Waals surface area contributed by atoms with Crippen molar-refractivity contribution in [2.75, 3.05) is 0 Å². The lowest BCUT2D eigenvalue weighted by Gasteiger charge is -1.91. The lowest BCUT2D eigenvalue weighted by molar-refractivity contribution is -0.131. The van der Waals surface area contributed by atoms with Crippen LogP contribution in [0.15, 0.2) is 28.7 Å². The fourth-order valence-corrected chi connectivity index (χ4v) is 1.45. The summed E-state index contributed by atoms with van der Waals surface area (Å²) in [5, 5.41) is 8.46. The topological polar surface area (TPSA) is 63.3 Å². The summed E-state index contributed by atoms with van der Waals surface area (Å²) >= 11 is 5.68. The van der Waals surface area contributed by atoms with Crippen LogP contribution < -0.4 is 0 Å². The zero-order valence-corrected chi connectivity index (χ0v) is 8.94. The first kappa shape index (κ1) is 10.7. The summed E-state index contributed by atoms with van der Waals surface area (Å²) in [5.41, 5.74) is 2.21. The van der Waals surface area contributed by atoms with Crippen molar-refractivity contribution in [2.24, 2.45) is 0 Å². The number of benzene rings is 1. The van der Waals surface area contributed by atoms with Gasteiger partial charge in [0.1, 0.15) is 5.52 Å². The standard InChI is InChI=1S/C11H8ClNO3/c12-6-7-1-2-8-9(5-7)16-10(13-8)3-4-11(14)15/h1-5H,6H2,(H,14,15)/b4-3+. The van der Waals surface area contributed by atoms with Crippen LogP contribution in [0, 0.1) is 0 Å². The third kappa shape index (κ3) is 2.23. The smallest absolute Gasteiger partial charge is 0.328 e. The largest absolute Gasteiger partial charge is 0.478 e. The van der Waals surface area contributed by atoms with Gasteiger partial charge in [0.2, 0.25) is 5.89 Å². The molecule has 0 atom stereocenters. The molecular formula is C11H8ClNO3. The van der Waals surface area contributed by atoms with Crippen LogP contribution in [-0.2, 0) is 10.7 Å². The first-order chi connectivity index (χ1) is 7.69. The molecule has 2 rings (SSSR count). The van der Waals surface area contributed by atoms with E-state index in [1.165, 1.54) is 6.08 Å². The predicted molar refractivity (Wildman–Crippen MR) is 60.2 cm³/mol. The van der Waals surface area contributed by atoms with Gasteiger partial charge in [-0.3, -0.25) is 0 Å². The van der Waals surface area contributed by atoms with E-state index in [1.807, 2.05) is 6.07 Å². The van der Waals surface area contributed by atoms with Crippen molar-refractivity contribution in [3.8, 4) is 0 Å². The van der Waals surface area contributed by atoms with Gasteiger partial charge in [-0.2, -0.15) is 0 Å². The number of fused-ring (bicyclic) bond motifs is 1. The number of carbonyl (C=O) groups is 1. The monoisotopic (exact) mass is 237 g/mol. The third-order valence-corrected chi connectivity index (χ3v) is 2.30. The summed E-state index contributed by atoms with van der Waals surface area (Å²) in [4.78, 5) is 14.4. The van der Waals surface area contributed by atoms with E-state index in [0.29, 0.717) is 17.0 Å². The van der Waals surface area contributed by atoms with E-state index in [4.69, 9.17) is 21.1 Å². The van der Waals surface area contributed by atoms with Crippen LogP contribution in [0.1, 0.15) is 11.5 Å². The van der Waals surface area contributed by atoms with E-state index in [9.17, 15) is 4.79 Å². The molecule has 4 nitrogen and oxygen atoms in total. The molecule has 0 aliphatic rings. The summed E-state index contributed by atoms with van der Waals surface area (Å²) in [6.07, 6.45) is 2.29. The zero-order chi connectivity index (χ0) is 11.5. The molecular weight excluding hydrogens is 230 g/mol. The van der Waals surface area contributed by atoms with Crippen molar-refractivity contribution in [2.45, 2.75) is 5.88 Å². The quantitative estimate of drug-likeness (QED) is 0.659. The lowest BCUT2D eigenvalue weighted by Crippen LogP contribution is -1.85. The Morgan fingerprint density at radius 3 is 3.06 bits per heavy atom. The van der Waals surface area contributed by atoms with Crippen LogP contribution in [0.3, 0.4) is 0 Å². The van der Waals surface area contributed by atoms with Gasteiger partial charge in [-0.15, -0.1) is 11.6 Å². The van der Waals surface area contributed by atoms with Crippen LogP contribution in [0.5, 0.6) is 0 Å². The summed E-state index contributed by atoms with van der Waals surface area (Å²) in [6.45, 7) is 0. The van der Waals surface area contributed by atoms with Crippen molar-refractivity contribution in [1.29, 1.82) is 0 Å². The van der Waals surface area contributed by atoms with Gasteiger partial charge in [-0.1, -0.05) is 6.07 Å². The van der Waals surface area contributed by atoms with Crippen molar-refractivity contribution < 1.29 is 14.3 Å². The van der Waals surface area contributed by atoms with Crippen LogP contribution >= 0.6 is 11.6 Å². The van der Waals surface area contributed by atoms with Crippen molar-refractivity contribution >= 4 is 34.7 Å². The minimum absolute atomic E-state index is 0.268. The molecule has 1 heterocycles. The second-order valence-electron chi connectivity index (χ2n) is 3.16. The molecule has 5 heteroatoms. The molecule has 0 aliphatic heterocycles. The van der Waals surface area contributed by atoms with Crippen LogP contribution in [0.25, 0.3) is 17.2 Å². The number of alkyl halides is 1. The molecule has 0 bridgehead atoms. The molecule has 1 aromatic heterocycles. The number of rotatable bonds is 3. The average molecular weight is 238 g/mol. The van der Waals surface area contributed by atoms with Crippen LogP contribution in [0.2, 0.25) is 0 Å². The first-order valence-electron chi connectivity index (χ1n) is 4.55. The van der Waals surface area contributed by atoms with E-state index >= 15 is 0 Å². The van der Waals surface area contributed by atoms with E-state index in [-0.39, 0.29) is 5.89 Å². The SMILES string of the molecule is O=C(O)/C=C/c1nc2ccc(CCl)cc2o1. The Labute approximate surface area is 96.2 Å². The molecule has 1 N–H and O–H groups in total. The molecule has 1 aromatic carbocycles. The minimum atomic E-state index is -1.04. The second-order valence-corrected chi connectivity index (χ2v) is 3.43. The van der Waals surface area contributed by atoms with Crippen molar-refractivity contribution in [1.82, 2.24) is 4.98 Å². The Bertz CT molecular complexity index is 559. The Morgan fingerprint density at radius 2 is 2.38 bits per heavy atom. The van der Waals surface area contributed by atoms with Gasteiger partial charge in [0.25, 0.3) is 0 Å². The van der Waals surface area contributed by atoms with E-state index in [0.717, 1.165) is 11.6 Å². The summed E-state index contributed by atoms with van der Waals surface area (Å²) in [7, 11) is 0. The van der Waals surface area contributed by atoms with Crippen LogP contribution in [-0.4, -0.2) is 16.1 Å². The number of hydrogen-bond acceptors (Lipinski definition) is 3. The highest BCUT2D eigenvalue weighted by molar-refractivity contribution is 6.17. The van der Waals surface area contributed by atoms with Gasteiger partial charge in [0.05, 0.1) is 0 Å². The number of oxazole rings is 1. The van der Waals surface area contributed by atoms with E-state index in [1.54, 1.807) is 12.1 Å². The highest BCUT2D eigenvalue weighted by Crippen LogP contribution is 2.18. The number of aromatic nitrogens is 1. The summed E-state index contributed by atoms with van der Waals surface area (Å²) in [5.74, 6) is -0.371. The molecule has 0 amide bonds.